The molecule has 0 bridgehead atoms. The van der Waals surface area contributed by atoms with Crippen LogP contribution in [-0.4, -0.2) is 42.9 Å². The SMILES string of the molecule is O=C(O)c1c(-n2ccnn2)ccc2c1O[B-](O)(O)CC2. The summed E-state index contributed by atoms with van der Waals surface area (Å²) < 4.78 is 6.36. The van der Waals surface area contributed by atoms with Gasteiger partial charge in [0.25, 0.3) is 0 Å². The Bertz CT molecular complexity index is 671. The van der Waals surface area contributed by atoms with Gasteiger partial charge in [-0.05, 0) is 18.1 Å². The van der Waals surface area contributed by atoms with Gasteiger partial charge in [-0.15, -0.1) is 5.10 Å². The first-order chi connectivity index (χ1) is 9.48. The molecule has 9 heteroatoms. The van der Waals surface area contributed by atoms with E-state index in [1.54, 1.807) is 12.1 Å². The highest BCUT2D eigenvalue weighted by Gasteiger charge is 2.32. The maximum Gasteiger partial charge on any atom is 0.430 e. The molecule has 1 aromatic carbocycles. The summed E-state index contributed by atoms with van der Waals surface area (Å²) in [6, 6.07) is 3.28. The second-order valence-corrected chi connectivity index (χ2v) is 4.62. The molecule has 0 saturated heterocycles. The first kappa shape index (κ1) is 12.6. The van der Waals surface area contributed by atoms with Gasteiger partial charge < -0.3 is 19.8 Å². The van der Waals surface area contributed by atoms with Crippen molar-refractivity contribution in [2.45, 2.75) is 12.7 Å². The summed E-state index contributed by atoms with van der Waals surface area (Å²) in [7, 11) is 0. The third-order valence-electron chi connectivity index (χ3n) is 3.20. The largest absolute Gasteiger partial charge is 0.669 e. The van der Waals surface area contributed by atoms with Crippen molar-refractivity contribution in [2.24, 2.45) is 0 Å². The molecule has 2 heterocycles. The maximum atomic E-state index is 11.5. The molecule has 0 amide bonds. The van der Waals surface area contributed by atoms with E-state index in [1.807, 2.05) is 0 Å². The molecular formula is C11H11BN3O5-. The lowest BCUT2D eigenvalue weighted by Crippen LogP contribution is -2.45. The molecule has 0 unspecified atom stereocenters. The van der Waals surface area contributed by atoms with Crippen LogP contribution in [0.2, 0.25) is 6.32 Å². The van der Waals surface area contributed by atoms with Gasteiger partial charge in [0.1, 0.15) is 5.56 Å². The van der Waals surface area contributed by atoms with Crippen molar-refractivity contribution in [3.05, 3.63) is 35.7 Å². The van der Waals surface area contributed by atoms with Crippen molar-refractivity contribution in [1.29, 1.82) is 0 Å². The van der Waals surface area contributed by atoms with E-state index < -0.39 is 12.7 Å². The van der Waals surface area contributed by atoms with Crippen LogP contribution in [0.15, 0.2) is 24.5 Å². The topological polar surface area (TPSA) is 118 Å². The zero-order valence-electron chi connectivity index (χ0n) is 10.3. The highest BCUT2D eigenvalue weighted by atomic mass is 16.6. The fourth-order valence-electron chi connectivity index (χ4n) is 2.27. The van der Waals surface area contributed by atoms with Crippen LogP contribution in [0, 0.1) is 0 Å². The van der Waals surface area contributed by atoms with Crippen molar-refractivity contribution in [3.63, 3.8) is 0 Å². The second-order valence-electron chi connectivity index (χ2n) is 4.62. The lowest BCUT2D eigenvalue weighted by atomic mass is 9.70. The van der Waals surface area contributed by atoms with Crippen LogP contribution in [-0.2, 0) is 6.42 Å². The number of hydrogen-bond donors (Lipinski definition) is 3. The standard InChI is InChI=1S/C11H11BN3O5/c16-11(17)9-8(15-6-5-13-14-15)2-1-7-3-4-12(18,19)20-10(7)9/h1-2,5-6,18-19H,3-4H2,(H,16,17)/q-1. The second kappa shape index (κ2) is 4.32. The molecule has 20 heavy (non-hydrogen) atoms. The number of aromatic carboxylic acids is 1. The number of carboxylic acid groups (broad SMARTS) is 1. The molecule has 8 nitrogen and oxygen atoms in total. The summed E-state index contributed by atoms with van der Waals surface area (Å²) in [4.78, 5) is 11.5. The van der Waals surface area contributed by atoms with E-state index in [2.05, 4.69) is 10.3 Å². The van der Waals surface area contributed by atoms with E-state index in [0.717, 1.165) is 0 Å². The summed E-state index contributed by atoms with van der Waals surface area (Å²) in [5.74, 6) is -1.26. The summed E-state index contributed by atoms with van der Waals surface area (Å²) in [6.45, 7) is -3.03. The molecule has 0 fully saturated rings. The van der Waals surface area contributed by atoms with Crippen LogP contribution < -0.4 is 4.65 Å². The van der Waals surface area contributed by atoms with E-state index in [4.69, 9.17) is 4.65 Å². The molecule has 0 atom stereocenters. The number of aryl methyl sites for hydroxylation is 1. The van der Waals surface area contributed by atoms with Crippen molar-refractivity contribution >= 4 is 12.7 Å². The molecule has 2 aromatic rings. The van der Waals surface area contributed by atoms with Crippen LogP contribution in [0.25, 0.3) is 5.69 Å². The van der Waals surface area contributed by atoms with Gasteiger partial charge in [0.2, 0.25) is 0 Å². The monoisotopic (exact) mass is 276 g/mol. The van der Waals surface area contributed by atoms with Crippen LogP contribution in [0.5, 0.6) is 5.75 Å². The number of nitrogens with zero attached hydrogens (tertiary/aromatic N) is 3. The molecule has 0 spiro atoms. The van der Waals surface area contributed by atoms with E-state index in [1.165, 1.54) is 17.1 Å². The van der Waals surface area contributed by atoms with Crippen LogP contribution in [0.4, 0.5) is 0 Å². The third kappa shape index (κ3) is 2.02. The van der Waals surface area contributed by atoms with Crippen molar-refractivity contribution < 1.29 is 24.6 Å². The predicted octanol–water partition coefficient (Wildman–Crippen LogP) is -0.176. The van der Waals surface area contributed by atoms with Crippen molar-refractivity contribution in [1.82, 2.24) is 15.0 Å². The molecule has 0 aliphatic carbocycles. The van der Waals surface area contributed by atoms with Gasteiger partial charge in [-0.1, -0.05) is 17.6 Å². The summed E-state index contributed by atoms with van der Waals surface area (Å²) in [6.07, 6.45) is 3.28. The summed E-state index contributed by atoms with van der Waals surface area (Å²) in [5.41, 5.74) is 0.705. The molecule has 1 aromatic heterocycles. The quantitative estimate of drug-likeness (QED) is 0.651. The first-order valence-corrected chi connectivity index (χ1v) is 6.03. The Morgan fingerprint density at radius 1 is 1.40 bits per heavy atom. The fraction of sp³-hybridized carbons (Fsp3) is 0.182. The maximum absolute atomic E-state index is 11.5. The van der Waals surface area contributed by atoms with Gasteiger partial charge in [-0.2, -0.15) is 0 Å². The van der Waals surface area contributed by atoms with E-state index in [0.29, 0.717) is 12.0 Å². The van der Waals surface area contributed by atoms with E-state index in [-0.39, 0.29) is 23.3 Å². The number of fused-ring (bicyclic) bond motifs is 1. The number of carboxylic acids is 1. The van der Waals surface area contributed by atoms with Crippen LogP contribution in [0.3, 0.4) is 0 Å². The predicted molar refractivity (Wildman–Crippen MR) is 67.6 cm³/mol. The smallest absolute Gasteiger partial charge is 0.430 e. The zero-order chi connectivity index (χ0) is 14.3. The molecule has 0 radical (unpaired) electrons. The minimum Gasteiger partial charge on any atom is -0.669 e. The van der Waals surface area contributed by atoms with Gasteiger partial charge >= 0.3 is 12.7 Å². The zero-order valence-corrected chi connectivity index (χ0v) is 10.3. The number of carbonyl (C=O) groups is 1. The summed E-state index contributed by atoms with van der Waals surface area (Å²) >= 11 is 0. The lowest BCUT2D eigenvalue weighted by molar-refractivity contribution is 0.0693. The normalized spacial score (nSPS) is 16.3. The Hall–Kier alpha value is -2.39. The Kier molecular flexibility index (Phi) is 2.73. The van der Waals surface area contributed by atoms with Gasteiger partial charge in [-0.25, -0.2) is 9.48 Å². The Labute approximate surface area is 113 Å². The number of rotatable bonds is 2. The number of hydrogen-bond acceptors (Lipinski definition) is 6. The average Bonchev–Trinajstić information content (AvgIpc) is 2.89. The molecule has 3 N–H and O–H groups in total. The van der Waals surface area contributed by atoms with Gasteiger partial charge in [0.15, 0.2) is 0 Å². The van der Waals surface area contributed by atoms with E-state index >= 15 is 0 Å². The van der Waals surface area contributed by atoms with Gasteiger partial charge in [-0.3, -0.25) is 0 Å². The Balaban J connectivity index is 2.22. The van der Waals surface area contributed by atoms with Crippen molar-refractivity contribution in [2.75, 3.05) is 0 Å². The molecule has 1 aliphatic rings. The minimum absolute atomic E-state index is 0.0262. The van der Waals surface area contributed by atoms with Crippen LogP contribution >= 0.6 is 0 Å². The van der Waals surface area contributed by atoms with Gasteiger partial charge in [0.05, 0.1) is 23.8 Å². The first-order valence-electron chi connectivity index (χ1n) is 6.03. The van der Waals surface area contributed by atoms with Crippen molar-refractivity contribution in [3.8, 4) is 11.4 Å². The van der Waals surface area contributed by atoms with Gasteiger partial charge in [0, 0.05) is 0 Å². The average molecular weight is 276 g/mol. The fourth-order valence-corrected chi connectivity index (χ4v) is 2.27. The van der Waals surface area contributed by atoms with Crippen LogP contribution in [0.1, 0.15) is 15.9 Å². The lowest BCUT2D eigenvalue weighted by Gasteiger charge is -2.37. The number of benzene rings is 1. The molecule has 3 rings (SSSR count). The molecule has 104 valence electrons. The third-order valence-corrected chi connectivity index (χ3v) is 3.20. The Morgan fingerprint density at radius 3 is 2.85 bits per heavy atom. The molecular weight excluding hydrogens is 265 g/mol. The highest BCUT2D eigenvalue weighted by Crippen LogP contribution is 2.36. The minimum atomic E-state index is -3.03. The number of aromatic nitrogens is 3. The molecule has 1 aliphatic heterocycles. The summed E-state index contributed by atoms with van der Waals surface area (Å²) in [5, 5.41) is 36.0. The highest BCUT2D eigenvalue weighted by molar-refractivity contribution is 6.59. The van der Waals surface area contributed by atoms with E-state index in [9.17, 15) is 19.9 Å². The molecule has 0 saturated carbocycles. The Morgan fingerprint density at radius 2 is 2.20 bits per heavy atom.